The largest absolute Gasteiger partial charge is 0.453 e. The van der Waals surface area contributed by atoms with Crippen molar-refractivity contribution in [3.05, 3.63) is 35.5 Å². The summed E-state index contributed by atoms with van der Waals surface area (Å²) in [6.45, 7) is 0. The van der Waals surface area contributed by atoms with Crippen molar-refractivity contribution in [1.82, 2.24) is 10.2 Å². The van der Waals surface area contributed by atoms with Crippen LogP contribution in [-0.2, 0) is 4.74 Å². The number of methoxy groups -OCH3 is 1. The van der Waals surface area contributed by atoms with E-state index in [2.05, 4.69) is 20.3 Å². The molecule has 1 amide bonds. The van der Waals surface area contributed by atoms with Crippen LogP contribution in [0, 0.1) is 0 Å². The summed E-state index contributed by atoms with van der Waals surface area (Å²) in [6.07, 6.45) is 1.07. The maximum absolute atomic E-state index is 11.1. The average molecular weight is 252 g/mol. The van der Waals surface area contributed by atoms with Gasteiger partial charge in [-0.15, -0.1) is 0 Å². The van der Waals surface area contributed by atoms with Crippen LogP contribution in [-0.4, -0.2) is 23.4 Å². The molecule has 0 radical (unpaired) electrons. The predicted molar refractivity (Wildman–Crippen MR) is 65.1 cm³/mol. The molecular formula is C11H10ClN3O2. The van der Waals surface area contributed by atoms with Gasteiger partial charge in [-0.25, -0.2) is 4.79 Å². The van der Waals surface area contributed by atoms with E-state index in [-0.39, 0.29) is 0 Å². The summed E-state index contributed by atoms with van der Waals surface area (Å²) in [5.41, 5.74) is 1.67. The Bertz CT molecular complexity index is 522. The van der Waals surface area contributed by atoms with Crippen molar-refractivity contribution in [2.45, 2.75) is 0 Å². The molecule has 0 saturated heterocycles. The first kappa shape index (κ1) is 11.5. The summed E-state index contributed by atoms with van der Waals surface area (Å²) in [5, 5.41) is 9.76. The number of amides is 1. The monoisotopic (exact) mass is 251 g/mol. The van der Waals surface area contributed by atoms with Crippen molar-refractivity contribution in [1.29, 1.82) is 0 Å². The van der Waals surface area contributed by atoms with Crippen LogP contribution in [0.5, 0.6) is 0 Å². The van der Waals surface area contributed by atoms with Crippen molar-refractivity contribution in [2.75, 3.05) is 12.4 Å². The van der Waals surface area contributed by atoms with Crippen LogP contribution < -0.4 is 5.32 Å². The maximum Gasteiger partial charge on any atom is 0.412 e. The predicted octanol–water partition coefficient (Wildman–Crippen LogP) is 2.91. The van der Waals surface area contributed by atoms with Gasteiger partial charge in [-0.05, 0) is 17.7 Å². The summed E-state index contributed by atoms with van der Waals surface area (Å²) >= 11 is 5.81. The molecule has 17 heavy (non-hydrogen) atoms. The van der Waals surface area contributed by atoms with Crippen LogP contribution in [0.2, 0.25) is 5.02 Å². The first-order valence-corrected chi connectivity index (χ1v) is 5.23. The normalized spacial score (nSPS) is 10.0. The number of carbonyl (C=O) groups excluding carboxylic acids is 1. The molecule has 0 aliphatic rings. The third-order valence-corrected chi connectivity index (χ3v) is 2.46. The van der Waals surface area contributed by atoms with Crippen LogP contribution in [0.15, 0.2) is 30.5 Å². The van der Waals surface area contributed by atoms with Crippen molar-refractivity contribution < 1.29 is 9.53 Å². The number of hydrogen-bond acceptors (Lipinski definition) is 3. The summed E-state index contributed by atoms with van der Waals surface area (Å²) in [5.74, 6) is 0.485. The lowest BCUT2D eigenvalue weighted by Crippen LogP contribution is -2.11. The molecule has 5 nitrogen and oxygen atoms in total. The molecule has 0 fully saturated rings. The van der Waals surface area contributed by atoms with Crippen molar-refractivity contribution >= 4 is 23.5 Å². The van der Waals surface area contributed by atoms with E-state index < -0.39 is 6.09 Å². The van der Waals surface area contributed by atoms with E-state index in [1.807, 2.05) is 12.1 Å². The fourth-order valence-corrected chi connectivity index (χ4v) is 1.51. The first-order valence-electron chi connectivity index (χ1n) is 4.85. The summed E-state index contributed by atoms with van der Waals surface area (Å²) in [6, 6.07) is 7.23. The molecule has 1 aromatic heterocycles. The van der Waals surface area contributed by atoms with Crippen LogP contribution in [0.25, 0.3) is 11.1 Å². The molecule has 6 heteroatoms. The van der Waals surface area contributed by atoms with E-state index in [0.29, 0.717) is 10.8 Å². The maximum atomic E-state index is 11.1. The number of anilines is 1. The highest BCUT2D eigenvalue weighted by atomic mass is 35.5. The van der Waals surface area contributed by atoms with Crippen LogP contribution in [0.4, 0.5) is 10.6 Å². The number of aromatic nitrogens is 2. The van der Waals surface area contributed by atoms with E-state index in [4.69, 9.17) is 11.6 Å². The minimum Gasteiger partial charge on any atom is -0.453 e. The van der Waals surface area contributed by atoms with Gasteiger partial charge in [0.1, 0.15) is 5.82 Å². The number of ether oxygens (including phenoxy) is 1. The second-order valence-corrected chi connectivity index (χ2v) is 3.72. The molecule has 2 N–H and O–H groups in total. The lowest BCUT2D eigenvalue weighted by Gasteiger charge is -2.04. The number of nitrogens with zero attached hydrogens (tertiary/aromatic N) is 1. The minimum atomic E-state index is -0.551. The van der Waals surface area contributed by atoms with Gasteiger partial charge in [0.05, 0.1) is 13.3 Å². The third-order valence-electron chi connectivity index (χ3n) is 2.21. The zero-order valence-corrected chi connectivity index (χ0v) is 9.78. The van der Waals surface area contributed by atoms with E-state index in [9.17, 15) is 4.79 Å². The minimum absolute atomic E-state index is 0.485. The quantitative estimate of drug-likeness (QED) is 0.862. The highest BCUT2D eigenvalue weighted by molar-refractivity contribution is 6.30. The van der Waals surface area contributed by atoms with Crippen molar-refractivity contribution in [2.24, 2.45) is 0 Å². The zero-order chi connectivity index (χ0) is 12.3. The molecule has 0 aliphatic carbocycles. The molecule has 2 rings (SSSR count). The first-order chi connectivity index (χ1) is 8.20. The van der Waals surface area contributed by atoms with Crippen LogP contribution >= 0.6 is 11.6 Å². The molecule has 1 aromatic carbocycles. The summed E-state index contributed by atoms with van der Waals surface area (Å²) < 4.78 is 4.51. The molecule has 0 spiro atoms. The Morgan fingerprint density at radius 1 is 1.41 bits per heavy atom. The third kappa shape index (κ3) is 2.57. The lowest BCUT2D eigenvalue weighted by molar-refractivity contribution is 0.187. The second-order valence-electron chi connectivity index (χ2n) is 3.28. The highest BCUT2D eigenvalue weighted by Crippen LogP contribution is 2.26. The van der Waals surface area contributed by atoms with Crippen molar-refractivity contribution in [3.8, 4) is 11.1 Å². The van der Waals surface area contributed by atoms with Gasteiger partial charge >= 0.3 is 6.09 Å². The zero-order valence-electron chi connectivity index (χ0n) is 9.03. The summed E-state index contributed by atoms with van der Waals surface area (Å²) in [4.78, 5) is 11.1. The van der Waals surface area contributed by atoms with Gasteiger partial charge in [-0.2, -0.15) is 5.10 Å². The number of carbonyl (C=O) groups is 1. The Morgan fingerprint density at radius 2 is 2.12 bits per heavy atom. The standard InChI is InChI=1S/C11H10ClN3O2/c1-17-11(16)14-10-9(6-13-15-10)7-2-4-8(12)5-3-7/h2-6H,1H3,(H2,13,14,15,16). The summed E-state index contributed by atoms with van der Waals surface area (Å²) in [7, 11) is 1.30. The number of H-pyrrole nitrogens is 1. The van der Waals surface area contributed by atoms with Crippen molar-refractivity contribution in [3.63, 3.8) is 0 Å². The molecule has 0 aliphatic heterocycles. The van der Waals surface area contributed by atoms with E-state index >= 15 is 0 Å². The molecule has 1 heterocycles. The second kappa shape index (κ2) is 4.88. The number of aromatic amines is 1. The van der Waals surface area contributed by atoms with E-state index in [1.165, 1.54) is 7.11 Å². The Balaban J connectivity index is 2.30. The Morgan fingerprint density at radius 3 is 2.76 bits per heavy atom. The smallest absolute Gasteiger partial charge is 0.412 e. The van der Waals surface area contributed by atoms with Gasteiger partial charge in [0.2, 0.25) is 0 Å². The molecule has 0 atom stereocenters. The SMILES string of the molecule is COC(=O)Nc1[nH]ncc1-c1ccc(Cl)cc1. The fraction of sp³-hybridized carbons (Fsp3) is 0.0909. The van der Waals surface area contributed by atoms with Crippen LogP contribution in [0.3, 0.4) is 0 Å². The lowest BCUT2D eigenvalue weighted by atomic mass is 10.1. The highest BCUT2D eigenvalue weighted by Gasteiger charge is 2.10. The molecule has 2 aromatic rings. The topological polar surface area (TPSA) is 67.0 Å². The van der Waals surface area contributed by atoms with Gasteiger partial charge in [0.25, 0.3) is 0 Å². The number of rotatable bonds is 2. The van der Waals surface area contributed by atoms with Crippen LogP contribution in [0.1, 0.15) is 0 Å². The Kier molecular flexibility index (Phi) is 3.30. The molecule has 0 unspecified atom stereocenters. The van der Waals surface area contributed by atoms with E-state index in [1.54, 1.807) is 18.3 Å². The van der Waals surface area contributed by atoms with Gasteiger partial charge in [0, 0.05) is 10.6 Å². The number of hydrogen-bond donors (Lipinski definition) is 2. The van der Waals surface area contributed by atoms with E-state index in [0.717, 1.165) is 11.1 Å². The average Bonchev–Trinajstić information content (AvgIpc) is 2.78. The number of benzene rings is 1. The number of halogens is 1. The number of nitrogens with one attached hydrogen (secondary N) is 2. The van der Waals surface area contributed by atoms with Gasteiger partial charge < -0.3 is 4.74 Å². The molecule has 0 bridgehead atoms. The molecular weight excluding hydrogens is 242 g/mol. The molecule has 0 saturated carbocycles. The van der Waals surface area contributed by atoms with Gasteiger partial charge in [-0.1, -0.05) is 23.7 Å². The Labute approximate surface area is 103 Å². The fourth-order valence-electron chi connectivity index (χ4n) is 1.38. The Hall–Kier alpha value is -2.01. The van der Waals surface area contributed by atoms with Gasteiger partial charge in [-0.3, -0.25) is 10.4 Å². The van der Waals surface area contributed by atoms with Gasteiger partial charge in [0.15, 0.2) is 0 Å². The molecule has 88 valence electrons.